The second-order valence-electron chi connectivity index (χ2n) is 5.61. The summed E-state index contributed by atoms with van der Waals surface area (Å²) in [5, 5.41) is 24.0. The summed E-state index contributed by atoms with van der Waals surface area (Å²) in [6.07, 6.45) is -1.30. The minimum absolute atomic E-state index is 0.0954. The Morgan fingerprint density at radius 1 is 1.33 bits per heavy atom. The summed E-state index contributed by atoms with van der Waals surface area (Å²) in [6.45, 7) is 5.69. The van der Waals surface area contributed by atoms with Gasteiger partial charge in [0.05, 0.1) is 17.7 Å². The highest BCUT2D eigenvalue weighted by atomic mass is 16.6. The molecule has 0 spiro atoms. The molecule has 6 nitrogen and oxygen atoms in total. The van der Waals surface area contributed by atoms with E-state index >= 15 is 0 Å². The summed E-state index contributed by atoms with van der Waals surface area (Å²) in [5.74, 6) is 0. The lowest BCUT2D eigenvalue weighted by molar-refractivity contribution is 0.0496. The average Bonchev–Trinajstić information content (AvgIpc) is 2.41. The van der Waals surface area contributed by atoms with Crippen LogP contribution in [0.4, 0.5) is 10.5 Å². The molecule has 0 aromatic heterocycles. The maximum absolute atomic E-state index is 11.4. The van der Waals surface area contributed by atoms with Crippen LogP contribution in [0, 0.1) is 11.3 Å². The maximum atomic E-state index is 11.4. The van der Waals surface area contributed by atoms with E-state index in [1.54, 1.807) is 45.0 Å². The minimum Gasteiger partial charge on any atom is -0.444 e. The topological polar surface area (TPSA) is 94.4 Å². The first-order valence-corrected chi connectivity index (χ1v) is 6.69. The molecule has 0 saturated carbocycles. The second kappa shape index (κ2) is 7.50. The van der Waals surface area contributed by atoms with Crippen LogP contribution >= 0.6 is 0 Å². The Morgan fingerprint density at radius 3 is 2.48 bits per heavy atom. The monoisotopic (exact) mass is 291 g/mol. The van der Waals surface area contributed by atoms with Gasteiger partial charge < -0.3 is 20.5 Å². The fraction of sp³-hybridized carbons (Fsp3) is 0.467. The van der Waals surface area contributed by atoms with Crippen LogP contribution in [0.15, 0.2) is 24.3 Å². The van der Waals surface area contributed by atoms with Crippen LogP contribution in [0.3, 0.4) is 0 Å². The molecule has 1 amide bonds. The number of anilines is 1. The summed E-state index contributed by atoms with van der Waals surface area (Å²) < 4.78 is 5.06. The number of hydrogen-bond donors (Lipinski definition) is 3. The molecule has 0 heterocycles. The van der Waals surface area contributed by atoms with Crippen LogP contribution in [-0.2, 0) is 4.74 Å². The van der Waals surface area contributed by atoms with Crippen molar-refractivity contribution in [2.45, 2.75) is 32.5 Å². The van der Waals surface area contributed by atoms with Crippen molar-refractivity contribution >= 4 is 11.8 Å². The largest absolute Gasteiger partial charge is 0.444 e. The van der Waals surface area contributed by atoms with E-state index in [2.05, 4.69) is 10.6 Å². The SMILES string of the molecule is CC(C)(C)OC(=O)NCC(O)CNc1ccc(C#N)cc1. The zero-order valence-corrected chi connectivity index (χ0v) is 12.5. The Balaban J connectivity index is 2.29. The normalized spacial score (nSPS) is 12.1. The lowest BCUT2D eigenvalue weighted by atomic mass is 10.2. The number of nitriles is 1. The molecule has 6 heteroatoms. The molecule has 0 aliphatic rings. The van der Waals surface area contributed by atoms with Crippen LogP contribution in [0.25, 0.3) is 0 Å². The van der Waals surface area contributed by atoms with Gasteiger partial charge in [-0.2, -0.15) is 5.26 Å². The fourth-order valence-corrected chi connectivity index (χ4v) is 1.49. The molecule has 1 aromatic rings. The molecule has 0 bridgehead atoms. The van der Waals surface area contributed by atoms with Crippen molar-refractivity contribution in [3.63, 3.8) is 0 Å². The number of carbonyl (C=O) groups excluding carboxylic acids is 1. The summed E-state index contributed by atoms with van der Waals surface area (Å²) in [4.78, 5) is 11.4. The van der Waals surface area contributed by atoms with E-state index in [4.69, 9.17) is 10.00 Å². The predicted octanol–water partition coefficient (Wildman–Crippen LogP) is 1.86. The molecule has 0 aliphatic heterocycles. The van der Waals surface area contributed by atoms with Gasteiger partial charge in [0.15, 0.2) is 0 Å². The average molecular weight is 291 g/mol. The smallest absolute Gasteiger partial charge is 0.407 e. The third-order valence-corrected chi connectivity index (χ3v) is 2.44. The first-order chi connectivity index (χ1) is 9.80. The molecule has 0 saturated heterocycles. The number of nitrogens with one attached hydrogen (secondary N) is 2. The van der Waals surface area contributed by atoms with Gasteiger partial charge in [-0.3, -0.25) is 0 Å². The van der Waals surface area contributed by atoms with Crippen LogP contribution < -0.4 is 10.6 Å². The lowest BCUT2D eigenvalue weighted by Gasteiger charge is -2.20. The predicted molar refractivity (Wildman–Crippen MR) is 79.9 cm³/mol. The Hall–Kier alpha value is -2.26. The summed E-state index contributed by atoms with van der Waals surface area (Å²) >= 11 is 0. The van der Waals surface area contributed by atoms with E-state index in [9.17, 15) is 9.90 Å². The third-order valence-electron chi connectivity index (χ3n) is 2.44. The zero-order chi connectivity index (χ0) is 15.9. The van der Waals surface area contributed by atoms with Gasteiger partial charge >= 0.3 is 6.09 Å². The molecular weight excluding hydrogens is 270 g/mol. The number of aliphatic hydroxyl groups is 1. The maximum Gasteiger partial charge on any atom is 0.407 e. The summed E-state index contributed by atoms with van der Waals surface area (Å²) in [7, 11) is 0. The highest BCUT2D eigenvalue weighted by molar-refractivity contribution is 5.67. The number of amides is 1. The van der Waals surface area contributed by atoms with Gasteiger partial charge in [-0.25, -0.2) is 4.79 Å². The van der Waals surface area contributed by atoms with Crippen LogP contribution in [0.1, 0.15) is 26.3 Å². The van der Waals surface area contributed by atoms with E-state index in [0.717, 1.165) is 5.69 Å². The van der Waals surface area contributed by atoms with Crippen molar-refractivity contribution < 1.29 is 14.6 Å². The van der Waals surface area contributed by atoms with Gasteiger partial charge in [0.1, 0.15) is 5.60 Å². The van der Waals surface area contributed by atoms with Gasteiger partial charge in [0, 0.05) is 18.8 Å². The van der Waals surface area contributed by atoms with E-state index in [1.165, 1.54) is 0 Å². The molecule has 0 aliphatic carbocycles. The molecule has 0 fully saturated rings. The number of rotatable bonds is 5. The number of aliphatic hydroxyl groups excluding tert-OH is 1. The van der Waals surface area contributed by atoms with Crippen LogP contribution in [0.2, 0.25) is 0 Å². The van der Waals surface area contributed by atoms with Crippen LogP contribution in [-0.4, -0.2) is 36.0 Å². The Morgan fingerprint density at radius 2 is 1.95 bits per heavy atom. The second-order valence-corrected chi connectivity index (χ2v) is 5.61. The molecule has 1 aromatic carbocycles. The Labute approximate surface area is 124 Å². The van der Waals surface area contributed by atoms with E-state index < -0.39 is 17.8 Å². The molecule has 1 unspecified atom stereocenters. The van der Waals surface area contributed by atoms with Crippen molar-refractivity contribution in [1.82, 2.24) is 5.32 Å². The molecule has 1 atom stereocenters. The highest BCUT2D eigenvalue weighted by Gasteiger charge is 2.16. The standard InChI is InChI=1S/C15H21N3O3/c1-15(2,3)21-14(20)18-10-13(19)9-17-12-6-4-11(8-16)5-7-12/h4-7,13,17,19H,9-10H2,1-3H3,(H,18,20). The molecule has 3 N–H and O–H groups in total. The first-order valence-electron chi connectivity index (χ1n) is 6.69. The molecule has 0 radical (unpaired) electrons. The van der Waals surface area contributed by atoms with Crippen molar-refractivity contribution in [2.75, 3.05) is 18.4 Å². The lowest BCUT2D eigenvalue weighted by Crippen LogP contribution is -2.39. The highest BCUT2D eigenvalue weighted by Crippen LogP contribution is 2.09. The van der Waals surface area contributed by atoms with Gasteiger partial charge in [-0.1, -0.05) is 0 Å². The first kappa shape index (κ1) is 16.8. The Kier molecular flexibility index (Phi) is 6.00. The number of benzene rings is 1. The number of carbonyl (C=O) groups is 1. The molecule has 1 rings (SSSR count). The summed E-state index contributed by atoms with van der Waals surface area (Å²) in [5.41, 5.74) is 0.813. The van der Waals surface area contributed by atoms with E-state index in [0.29, 0.717) is 5.56 Å². The quantitative estimate of drug-likeness (QED) is 0.769. The molecule has 114 valence electrons. The fourth-order valence-electron chi connectivity index (χ4n) is 1.49. The van der Waals surface area contributed by atoms with Crippen molar-refractivity contribution in [1.29, 1.82) is 5.26 Å². The number of ether oxygens (including phenoxy) is 1. The van der Waals surface area contributed by atoms with E-state index in [-0.39, 0.29) is 13.1 Å². The number of nitrogens with zero attached hydrogens (tertiary/aromatic N) is 1. The van der Waals surface area contributed by atoms with Crippen molar-refractivity contribution in [2.24, 2.45) is 0 Å². The minimum atomic E-state index is -0.742. The van der Waals surface area contributed by atoms with Gasteiger partial charge in [0.25, 0.3) is 0 Å². The van der Waals surface area contributed by atoms with Gasteiger partial charge in [0.2, 0.25) is 0 Å². The molecule has 21 heavy (non-hydrogen) atoms. The van der Waals surface area contributed by atoms with Crippen molar-refractivity contribution in [3.05, 3.63) is 29.8 Å². The molecular formula is C15H21N3O3. The third kappa shape index (κ3) is 7.18. The number of alkyl carbamates (subject to hydrolysis) is 1. The zero-order valence-electron chi connectivity index (χ0n) is 12.5. The van der Waals surface area contributed by atoms with E-state index in [1.807, 2.05) is 6.07 Å². The summed E-state index contributed by atoms with van der Waals surface area (Å²) in [6, 6.07) is 8.92. The van der Waals surface area contributed by atoms with Gasteiger partial charge in [-0.15, -0.1) is 0 Å². The van der Waals surface area contributed by atoms with Crippen LogP contribution in [0.5, 0.6) is 0 Å². The van der Waals surface area contributed by atoms with Crippen molar-refractivity contribution in [3.8, 4) is 6.07 Å². The number of hydrogen-bond acceptors (Lipinski definition) is 5. The Bertz CT molecular complexity index is 500. The van der Waals surface area contributed by atoms with Gasteiger partial charge in [-0.05, 0) is 45.0 Å².